The summed E-state index contributed by atoms with van der Waals surface area (Å²) in [4.78, 5) is 18.8. The lowest BCUT2D eigenvalue weighted by Gasteiger charge is -2.31. The topological polar surface area (TPSA) is 63.1 Å². The molecule has 1 N–H and O–H groups in total. The number of hydrogen-bond donors (Lipinski definition) is 1. The second-order valence-electron chi connectivity index (χ2n) is 3.24. The van der Waals surface area contributed by atoms with E-state index in [0.717, 1.165) is 12.8 Å². The van der Waals surface area contributed by atoms with Gasteiger partial charge in [0.2, 0.25) is 0 Å². The lowest BCUT2D eigenvalue weighted by molar-refractivity contribution is -0.145. The summed E-state index contributed by atoms with van der Waals surface area (Å²) in [5.41, 5.74) is 0. The molecule has 0 spiro atoms. The van der Waals surface area contributed by atoms with E-state index in [1.165, 1.54) is 0 Å². The molecule has 1 aromatic heterocycles. The third-order valence-corrected chi connectivity index (χ3v) is 2.51. The van der Waals surface area contributed by atoms with Crippen molar-refractivity contribution in [1.29, 1.82) is 0 Å². The van der Waals surface area contributed by atoms with Gasteiger partial charge in [0.05, 0.1) is 5.92 Å². The van der Waals surface area contributed by atoms with Crippen molar-refractivity contribution in [3.8, 4) is 0 Å². The smallest absolute Gasteiger partial charge is 0.307 e. The van der Waals surface area contributed by atoms with E-state index in [2.05, 4.69) is 9.97 Å². The first-order valence-electron chi connectivity index (χ1n) is 4.29. The molecule has 1 fully saturated rings. The van der Waals surface area contributed by atoms with Crippen molar-refractivity contribution >= 4 is 5.97 Å². The number of aromatic nitrogens is 2. The Morgan fingerprint density at radius 2 is 2.08 bits per heavy atom. The molecule has 1 heterocycles. The number of carbonyl (C=O) groups is 1. The van der Waals surface area contributed by atoms with Crippen LogP contribution >= 0.6 is 0 Å². The molecule has 2 rings (SSSR count). The molecule has 2 atom stereocenters. The molecule has 4 nitrogen and oxygen atoms in total. The van der Waals surface area contributed by atoms with Crippen LogP contribution in [0.4, 0.5) is 0 Å². The van der Waals surface area contributed by atoms with Gasteiger partial charge in [0.1, 0.15) is 5.82 Å². The zero-order chi connectivity index (χ0) is 9.26. The van der Waals surface area contributed by atoms with Gasteiger partial charge in [-0.25, -0.2) is 9.97 Å². The van der Waals surface area contributed by atoms with Crippen LogP contribution in [0.2, 0.25) is 0 Å². The van der Waals surface area contributed by atoms with Crippen molar-refractivity contribution < 1.29 is 9.90 Å². The highest BCUT2D eigenvalue weighted by Gasteiger charge is 2.39. The van der Waals surface area contributed by atoms with Crippen LogP contribution in [0.3, 0.4) is 0 Å². The third-order valence-electron chi connectivity index (χ3n) is 2.51. The fourth-order valence-corrected chi connectivity index (χ4v) is 1.61. The Labute approximate surface area is 75.6 Å². The summed E-state index contributed by atoms with van der Waals surface area (Å²) in [7, 11) is 0. The van der Waals surface area contributed by atoms with Crippen LogP contribution in [-0.2, 0) is 4.79 Å². The molecular formula is C9H10N2O2. The summed E-state index contributed by atoms with van der Waals surface area (Å²) >= 11 is 0. The van der Waals surface area contributed by atoms with E-state index in [1.54, 1.807) is 18.5 Å². The average molecular weight is 178 g/mol. The zero-order valence-corrected chi connectivity index (χ0v) is 7.05. The maximum Gasteiger partial charge on any atom is 0.307 e. The molecule has 4 heteroatoms. The van der Waals surface area contributed by atoms with Gasteiger partial charge in [0.15, 0.2) is 0 Å². The summed E-state index contributed by atoms with van der Waals surface area (Å²) in [6.45, 7) is 0. The Kier molecular flexibility index (Phi) is 1.96. The SMILES string of the molecule is O=C(O)C1CCC1c1ncccn1. The van der Waals surface area contributed by atoms with Crippen LogP contribution < -0.4 is 0 Å². The molecule has 2 unspecified atom stereocenters. The summed E-state index contributed by atoms with van der Waals surface area (Å²) in [5.74, 6) is -0.314. The molecule has 0 amide bonds. The minimum Gasteiger partial charge on any atom is -0.481 e. The molecule has 1 aliphatic carbocycles. The van der Waals surface area contributed by atoms with Gasteiger partial charge in [0.25, 0.3) is 0 Å². The van der Waals surface area contributed by atoms with Crippen LogP contribution in [0.5, 0.6) is 0 Å². The van der Waals surface area contributed by atoms with Gasteiger partial charge < -0.3 is 5.11 Å². The number of rotatable bonds is 2. The van der Waals surface area contributed by atoms with E-state index < -0.39 is 5.97 Å². The molecule has 1 saturated carbocycles. The Morgan fingerprint density at radius 3 is 2.54 bits per heavy atom. The van der Waals surface area contributed by atoms with Gasteiger partial charge in [0, 0.05) is 18.3 Å². The normalized spacial score (nSPS) is 26.5. The van der Waals surface area contributed by atoms with Crippen LogP contribution in [0.1, 0.15) is 24.6 Å². The van der Waals surface area contributed by atoms with Crippen LogP contribution in [0.25, 0.3) is 0 Å². The predicted octanol–water partition coefficient (Wildman–Crippen LogP) is 1.05. The van der Waals surface area contributed by atoms with Crippen LogP contribution in [0, 0.1) is 5.92 Å². The van der Waals surface area contributed by atoms with Crippen molar-refractivity contribution in [1.82, 2.24) is 9.97 Å². The summed E-state index contributed by atoms with van der Waals surface area (Å²) in [5, 5.41) is 8.81. The quantitative estimate of drug-likeness (QED) is 0.735. The molecule has 68 valence electrons. The lowest BCUT2D eigenvalue weighted by Crippen LogP contribution is -2.32. The molecular weight excluding hydrogens is 168 g/mol. The Balaban J connectivity index is 2.15. The Morgan fingerprint density at radius 1 is 1.38 bits per heavy atom. The summed E-state index contributed by atoms with van der Waals surface area (Å²) in [6.07, 6.45) is 4.94. The standard InChI is InChI=1S/C9H10N2O2/c12-9(13)7-3-2-6(7)8-10-4-1-5-11-8/h1,4-7H,2-3H2,(H,12,13). The van der Waals surface area contributed by atoms with Gasteiger partial charge in [-0.05, 0) is 18.9 Å². The van der Waals surface area contributed by atoms with Gasteiger partial charge in [-0.1, -0.05) is 0 Å². The van der Waals surface area contributed by atoms with E-state index in [4.69, 9.17) is 5.11 Å². The predicted molar refractivity (Wildman–Crippen MR) is 45.1 cm³/mol. The molecule has 0 aromatic carbocycles. The van der Waals surface area contributed by atoms with Crippen molar-refractivity contribution in [2.75, 3.05) is 0 Å². The van der Waals surface area contributed by atoms with E-state index in [-0.39, 0.29) is 11.8 Å². The number of hydrogen-bond acceptors (Lipinski definition) is 3. The molecule has 0 saturated heterocycles. The fraction of sp³-hybridized carbons (Fsp3) is 0.444. The van der Waals surface area contributed by atoms with E-state index in [0.29, 0.717) is 5.82 Å². The lowest BCUT2D eigenvalue weighted by atomic mass is 9.73. The second kappa shape index (κ2) is 3.12. The molecule has 1 aromatic rings. The molecule has 0 bridgehead atoms. The highest BCUT2D eigenvalue weighted by Crippen LogP contribution is 2.40. The molecule has 1 aliphatic rings. The summed E-state index contributed by atoms with van der Waals surface area (Å²) < 4.78 is 0. The number of nitrogens with zero attached hydrogens (tertiary/aromatic N) is 2. The minimum atomic E-state index is -0.733. The number of aliphatic carboxylic acids is 1. The van der Waals surface area contributed by atoms with Crippen molar-refractivity contribution in [2.45, 2.75) is 18.8 Å². The molecule has 13 heavy (non-hydrogen) atoms. The van der Waals surface area contributed by atoms with E-state index >= 15 is 0 Å². The highest BCUT2D eigenvalue weighted by atomic mass is 16.4. The van der Waals surface area contributed by atoms with E-state index in [1.807, 2.05) is 0 Å². The molecule has 0 aliphatic heterocycles. The third kappa shape index (κ3) is 1.39. The first-order valence-corrected chi connectivity index (χ1v) is 4.29. The Bertz CT molecular complexity index is 313. The first-order chi connectivity index (χ1) is 6.29. The van der Waals surface area contributed by atoms with Gasteiger partial charge in [-0.2, -0.15) is 0 Å². The maximum atomic E-state index is 10.7. The fourth-order valence-electron chi connectivity index (χ4n) is 1.61. The zero-order valence-electron chi connectivity index (χ0n) is 7.05. The monoisotopic (exact) mass is 178 g/mol. The van der Waals surface area contributed by atoms with Gasteiger partial charge in [-0.15, -0.1) is 0 Å². The summed E-state index contributed by atoms with van der Waals surface area (Å²) in [6, 6.07) is 1.73. The van der Waals surface area contributed by atoms with Crippen LogP contribution in [0.15, 0.2) is 18.5 Å². The second-order valence-corrected chi connectivity index (χ2v) is 3.24. The highest BCUT2D eigenvalue weighted by molar-refractivity contribution is 5.72. The van der Waals surface area contributed by atoms with Crippen molar-refractivity contribution in [3.63, 3.8) is 0 Å². The first kappa shape index (κ1) is 8.16. The maximum absolute atomic E-state index is 10.7. The van der Waals surface area contributed by atoms with E-state index in [9.17, 15) is 4.79 Å². The van der Waals surface area contributed by atoms with Gasteiger partial charge in [-0.3, -0.25) is 4.79 Å². The minimum absolute atomic E-state index is 0.0266. The largest absolute Gasteiger partial charge is 0.481 e. The van der Waals surface area contributed by atoms with Gasteiger partial charge >= 0.3 is 5.97 Å². The van der Waals surface area contributed by atoms with Crippen molar-refractivity contribution in [3.05, 3.63) is 24.3 Å². The Hall–Kier alpha value is -1.45. The average Bonchev–Trinajstić information content (AvgIpc) is 2.02. The number of carboxylic acids is 1. The number of carboxylic acid groups (broad SMARTS) is 1. The molecule has 0 radical (unpaired) electrons. The van der Waals surface area contributed by atoms with Crippen molar-refractivity contribution in [2.24, 2.45) is 5.92 Å². The van der Waals surface area contributed by atoms with Crippen LogP contribution in [-0.4, -0.2) is 21.0 Å².